The molecule has 0 atom stereocenters. The van der Waals surface area contributed by atoms with E-state index in [9.17, 15) is 14.4 Å². The number of rotatable bonds is 4. The van der Waals surface area contributed by atoms with Crippen LogP contribution in [0, 0.1) is 5.41 Å². The number of urea groups is 1. The largest absolute Gasteiger partial charge is 0.379 e. The Labute approximate surface area is 117 Å². The molecule has 1 aliphatic carbocycles. The Morgan fingerprint density at radius 1 is 1.10 bits per heavy atom. The third kappa shape index (κ3) is 2.31. The van der Waals surface area contributed by atoms with Crippen LogP contribution in [0.2, 0.25) is 0 Å². The van der Waals surface area contributed by atoms with Crippen LogP contribution in [-0.4, -0.2) is 67.0 Å². The van der Waals surface area contributed by atoms with Gasteiger partial charge in [0.15, 0.2) is 0 Å². The fourth-order valence-electron chi connectivity index (χ4n) is 2.78. The monoisotopic (exact) mass is 281 g/mol. The number of barbiturate groups is 1. The molecule has 3 aliphatic rings. The van der Waals surface area contributed by atoms with Gasteiger partial charge in [0.1, 0.15) is 5.41 Å². The second-order valence-corrected chi connectivity index (χ2v) is 5.61. The Balaban J connectivity index is 1.52. The first-order valence-corrected chi connectivity index (χ1v) is 7.11. The number of amides is 4. The highest BCUT2D eigenvalue weighted by Gasteiger charge is 2.61. The third-order valence-corrected chi connectivity index (χ3v) is 4.26. The normalized spacial score (nSPS) is 26.0. The molecule has 0 bridgehead atoms. The van der Waals surface area contributed by atoms with Crippen molar-refractivity contribution in [3.8, 4) is 0 Å². The zero-order valence-corrected chi connectivity index (χ0v) is 11.4. The fraction of sp³-hybridized carbons (Fsp3) is 0.769. The van der Waals surface area contributed by atoms with E-state index in [0.29, 0.717) is 19.4 Å². The molecule has 1 N–H and O–H groups in total. The van der Waals surface area contributed by atoms with Gasteiger partial charge in [0, 0.05) is 26.2 Å². The zero-order valence-electron chi connectivity index (χ0n) is 11.4. The van der Waals surface area contributed by atoms with Gasteiger partial charge in [0.05, 0.1) is 13.2 Å². The number of morpholine rings is 1. The molecule has 2 aliphatic heterocycles. The molecule has 0 unspecified atom stereocenters. The van der Waals surface area contributed by atoms with Crippen molar-refractivity contribution in [2.45, 2.75) is 19.3 Å². The second kappa shape index (κ2) is 5.14. The number of carbonyl (C=O) groups excluding carboxylic acids is 3. The van der Waals surface area contributed by atoms with Gasteiger partial charge in [-0.3, -0.25) is 24.7 Å². The van der Waals surface area contributed by atoms with Crippen molar-refractivity contribution in [2.24, 2.45) is 5.41 Å². The molecule has 7 nitrogen and oxygen atoms in total. The van der Waals surface area contributed by atoms with Gasteiger partial charge in [-0.25, -0.2) is 4.79 Å². The lowest BCUT2D eigenvalue weighted by Crippen LogP contribution is -2.59. The van der Waals surface area contributed by atoms with E-state index < -0.39 is 17.4 Å². The van der Waals surface area contributed by atoms with Gasteiger partial charge < -0.3 is 4.74 Å². The molecule has 1 spiro atoms. The van der Waals surface area contributed by atoms with Gasteiger partial charge in [0.25, 0.3) is 0 Å². The zero-order chi connectivity index (χ0) is 14.2. The van der Waals surface area contributed by atoms with Crippen molar-refractivity contribution in [2.75, 3.05) is 39.4 Å². The van der Waals surface area contributed by atoms with Crippen LogP contribution >= 0.6 is 0 Å². The van der Waals surface area contributed by atoms with Crippen molar-refractivity contribution in [3.63, 3.8) is 0 Å². The molecule has 1 saturated carbocycles. The summed E-state index contributed by atoms with van der Waals surface area (Å²) in [5.41, 5.74) is -0.924. The van der Waals surface area contributed by atoms with Crippen LogP contribution in [0.4, 0.5) is 4.79 Å². The van der Waals surface area contributed by atoms with Gasteiger partial charge in [0.2, 0.25) is 11.8 Å². The summed E-state index contributed by atoms with van der Waals surface area (Å²) in [5, 5.41) is 2.29. The van der Waals surface area contributed by atoms with E-state index in [1.54, 1.807) is 0 Å². The summed E-state index contributed by atoms with van der Waals surface area (Å²) >= 11 is 0. The minimum Gasteiger partial charge on any atom is -0.379 e. The van der Waals surface area contributed by atoms with Crippen molar-refractivity contribution >= 4 is 17.8 Å². The summed E-state index contributed by atoms with van der Waals surface area (Å²) in [6, 6.07) is -0.570. The van der Waals surface area contributed by atoms with Gasteiger partial charge in [-0.15, -0.1) is 0 Å². The lowest BCUT2D eigenvalue weighted by atomic mass is 10.0. The Morgan fingerprint density at radius 2 is 1.80 bits per heavy atom. The lowest BCUT2D eigenvalue weighted by molar-refractivity contribution is -0.144. The van der Waals surface area contributed by atoms with Gasteiger partial charge >= 0.3 is 6.03 Å². The number of ether oxygens (including phenoxy) is 1. The van der Waals surface area contributed by atoms with E-state index in [2.05, 4.69) is 10.2 Å². The summed E-state index contributed by atoms with van der Waals surface area (Å²) in [6.45, 7) is 4.46. The number of carbonyl (C=O) groups is 3. The van der Waals surface area contributed by atoms with E-state index >= 15 is 0 Å². The first-order valence-electron chi connectivity index (χ1n) is 7.11. The number of imide groups is 2. The second-order valence-electron chi connectivity index (χ2n) is 5.61. The number of hydrogen-bond donors (Lipinski definition) is 1. The van der Waals surface area contributed by atoms with E-state index in [1.165, 1.54) is 4.90 Å². The summed E-state index contributed by atoms with van der Waals surface area (Å²) in [6.07, 6.45) is 1.85. The molecule has 0 aromatic rings. The molecular weight excluding hydrogens is 262 g/mol. The first-order chi connectivity index (χ1) is 9.63. The number of nitrogens with one attached hydrogen (secondary N) is 1. The Kier molecular flexibility index (Phi) is 3.47. The molecule has 0 aromatic carbocycles. The van der Waals surface area contributed by atoms with Crippen molar-refractivity contribution in [1.29, 1.82) is 0 Å². The lowest BCUT2D eigenvalue weighted by Gasteiger charge is -2.31. The molecule has 4 amide bonds. The van der Waals surface area contributed by atoms with Crippen LogP contribution < -0.4 is 5.32 Å². The molecule has 20 heavy (non-hydrogen) atoms. The first kappa shape index (κ1) is 13.5. The molecule has 7 heteroatoms. The van der Waals surface area contributed by atoms with Gasteiger partial charge in [-0.1, -0.05) is 0 Å². The maximum Gasteiger partial charge on any atom is 0.330 e. The molecule has 110 valence electrons. The molecular formula is C13H19N3O4. The summed E-state index contributed by atoms with van der Waals surface area (Å²) < 4.78 is 5.27. The average Bonchev–Trinajstić information content (AvgIpc) is 3.24. The highest BCUT2D eigenvalue weighted by Crippen LogP contribution is 2.48. The third-order valence-electron chi connectivity index (χ3n) is 4.26. The van der Waals surface area contributed by atoms with Crippen LogP contribution in [0.15, 0.2) is 0 Å². The fourth-order valence-corrected chi connectivity index (χ4v) is 2.78. The van der Waals surface area contributed by atoms with E-state index in [-0.39, 0.29) is 5.91 Å². The molecule has 3 fully saturated rings. The van der Waals surface area contributed by atoms with Crippen LogP contribution in [0.1, 0.15) is 19.3 Å². The minimum atomic E-state index is -0.924. The summed E-state index contributed by atoms with van der Waals surface area (Å²) in [5.74, 6) is -0.731. The van der Waals surface area contributed by atoms with Gasteiger partial charge in [-0.05, 0) is 19.3 Å². The topological polar surface area (TPSA) is 79.0 Å². The molecule has 2 saturated heterocycles. The quantitative estimate of drug-likeness (QED) is 0.707. The van der Waals surface area contributed by atoms with E-state index in [1.807, 2.05) is 0 Å². The molecule has 0 radical (unpaired) electrons. The molecule has 2 heterocycles. The predicted octanol–water partition coefficient (Wildman–Crippen LogP) is -0.433. The predicted molar refractivity (Wildman–Crippen MR) is 68.8 cm³/mol. The number of hydrogen-bond acceptors (Lipinski definition) is 5. The van der Waals surface area contributed by atoms with Crippen molar-refractivity contribution in [3.05, 3.63) is 0 Å². The standard InChI is InChI=1S/C13H19N3O4/c17-10-13(2-3-13)11(18)16(12(19)14-10)5-1-4-15-6-8-20-9-7-15/h1-9H2,(H,14,17,19). The van der Waals surface area contributed by atoms with Crippen molar-refractivity contribution < 1.29 is 19.1 Å². The molecule has 3 rings (SSSR count). The van der Waals surface area contributed by atoms with Crippen LogP contribution in [0.25, 0.3) is 0 Å². The average molecular weight is 281 g/mol. The SMILES string of the molecule is O=C1NC(=O)C2(CC2)C(=O)N1CCCN1CCOCC1. The summed E-state index contributed by atoms with van der Waals surface area (Å²) in [7, 11) is 0. The van der Waals surface area contributed by atoms with Crippen LogP contribution in [0.3, 0.4) is 0 Å². The number of nitrogens with zero attached hydrogens (tertiary/aromatic N) is 2. The van der Waals surface area contributed by atoms with Crippen LogP contribution in [0.5, 0.6) is 0 Å². The maximum absolute atomic E-state index is 12.2. The Bertz CT molecular complexity index is 441. The van der Waals surface area contributed by atoms with Crippen molar-refractivity contribution in [1.82, 2.24) is 15.1 Å². The van der Waals surface area contributed by atoms with E-state index in [4.69, 9.17) is 4.74 Å². The Morgan fingerprint density at radius 3 is 2.45 bits per heavy atom. The smallest absolute Gasteiger partial charge is 0.330 e. The highest BCUT2D eigenvalue weighted by atomic mass is 16.5. The minimum absolute atomic E-state index is 0.312. The van der Waals surface area contributed by atoms with E-state index in [0.717, 1.165) is 39.3 Å². The molecule has 0 aromatic heterocycles. The highest BCUT2D eigenvalue weighted by molar-refractivity contribution is 6.20. The summed E-state index contributed by atoms with van der Waals surface area (Å²) in [4.78, 5) is 39.1. The maximum atomic E-state index is 12.2. The Hall–Kier alpha value is -1.47. The van der Waals surface area contributed by atoms with Crippen LogP contribution in [-0.2, 0) is 14.3 Å². The van der Waals surface area contributed by atoms with Gasteiger partial charge in [-0.2, -0.15) is 0 Å².